The molecule has 0 aliphatic carbocycles. The molecule has 1 atom stereocenters. The molecule has 0 spiro atoms. The van der Waals surface area contributed by atoms with Crippen molar-refractivity contribution in [2.24, 2.45) is 0 Å². The summed E-state index contributed by atoms with van der Waals surface area (Å²) >= 11 is 1.50. The second-order valence-corrected chi connectivity index (χ2v) is 6.12. The van der Waals surface area contributed by atoms with Gasteiger partial charge in [-0.1, -0.05) is 11.3 Å². The number of ether oxygens (including phenoxy) is 1. The minimum atomic E-state index is -0.214. The van der Waals surface area contributed by atoms with Crippen LogP contribution in [0.1, 0.15) is 6.92 Å². The summed E-state index contributed by atoms with van der Waals surface area (Å²) in [4.78, 5) is 6.87. The summed E-state index contributed by atoms with van der Waals surface area (Å²) in [6.45, 7) is 6.70. The normalized spacial score (nSPS) is 18.3. The molecule has 1 aromatic heterocycles. The van der Waals surface area contributed by atoms with E-state index in [0.717, 1.165) is 48.2 Å². The highest BCUT2D eigenvalue weighted by atomic mass is 32.1. The number of nitrogens with one attached hydrogen (secondary N) is 1. The highest BCUT2D eigenvalue weighted by molar-refractivity contribution is 7.22. The van der Waals surface area contributed by atoms with E-state index in [-0.39, 0.29) is 5.82 Å². The lowest BCUT2D eigenvalue weighted by molar-refractivity contribution is 0.0368. The lowest BCUT2D eigenvalue weighted by Gasteiger charge is -2.29. The summed E-state index contributed by atoms with van der Waals surface area (Å²) in [5.41, 5.74) is 0.845. The van der Waals surface area contributed by atoms with Crippen LogP contribution in [0.2, 0.25) is 0 Å². The molecule has 1 aromatic carbocycles. The first kappa shape index (κ1) is 13.7. The van der Waals surface area contributed by atoms with Crippen LogP contribution in [-0.2, 0) is 4.74 Å². The summed E-state index contributed by atoms with van der Waals surface area (Å²) in [7, 11) is 0. The van der Waals surface area contributed by atoms with E-state index in [1.807, 2.05) is 0 Å². The molecule has 108 valence electrons. The molecule has 1 aliphatic rings. The largest absolute Gasteiger partial charge is 0.379 e. The Hall–Kier alpha value is -1.24. The quantitative estimate of drug-likeness (QED) is 0.940. The monoisotopic (exact) mass is 295 g/mol. The molecule has 1 saturated heterocycles. The van der Waals surface area contributed by atoms with Crippen molar-refractivity contribution in [1.29, 1.82) is 0 Å². The minimum Gasteiger partial charge on any atom is -0.379 e. The predicted molar refractivity (Wildman–Crippen MR) is 79.9 cm³/mol. The SMILES string of the molecule is CC(CN1CCOCC1)Nc1nc2ccc(F)cc2s1. The van der Waals surface area contributed by atoms with Crippen LogP contribution < -0.4 is 5.32 Å². The number of halogens is 1. The maximum absolute atomic E-state index is 13.2. The number of nitrogens with zero attached hydrogens (tertiary/aromatic N) is 2. The molecule has 0 radical (unpaired) electrons. The number of morpholine rings is 1. The highest BCUT2D eigenvalue weighted by Crippen LogP contribution is 2.26. The van der Waals surface area contributed by atoms with E-state index in [1.54, 1.807) is 6.07 Å². The molecule has 2 aromatic rings. The third kappa shape index (κ3) is 3.26. The molecule has 1 unspecified atom stereocenters. The van der Waals surface area contributed by atoms with Crippen molar-refractivity contribution in [3.63, 3.8) is 0 Å². The molecular formula is C14H18FN3OS. The van der Waals surface area contributed by atoms with Gasteiger partial charge in [0.05, 0.1) is 23.4 Å². The van der Waals surface area contributed by atoms with Crippen molar-refractivity contribution in [3.8, 4) is 0 Å². The van der Waals surface area contributed by atoms with Gasteiger partial charge in [-0.05, 0) is 25.1 Å². The predicted octanol–water partition coefficient (Wildman–Crippen LogP) is 2.57. The molecule has 6 heteroatoms. The highest BCUT2D eigenvalue weighted by Gasteiger charge is 2.14. The van der Waals surface area contributed by atoms with E-state index in [9.17, 15) is 4.39 Å². The molecule has 2 heterocycles. The Kier molecular flexibility index (Phi) is 4.14. The van der Waals surface area contributed by atoms with Gasteiger partial charge >= 0.3 is 0 Å². The number of anilines is 1. The smallest absolute Gasteiger partial charge is 0.184 e. The van der Waals surface area contributed by atoms with E-state index in [1.165, 1.54) is 23.5 Å². The van der Waals surface area contributed by atoms with Crippen molar-refractivity contribution < 1.29 is 9.13 Å². The third-order valence-corrected chi connectivity index (χ3v) is 4.31. The summed E-state index contributed by atoms with van der Waals surface area (Å²) in [5.74, 6) is -0.214. The van der Waals surface area contributed by atoms with Crippen molar-refractivity contribution in [3.05, 3.63) is 24.0 Å². The Morgan fingerprint density at radius 1 is 1.45 bits per heavy atom. The van der Waals surface area contributed by atoms with Gasteiger partial charge in [0.25, 0.3) is 0 Å². The number of hydrogen-bond acceptors (Lipinski definition) is 5. The van der Waals surface area contributed by atoms with Crippen molar-refractivity contribution in [2.75, 3.05) is 38.2 Å². The maximum atomic E-state index is 13.2. The fraction of sp³-hybridized carbons (Fsp3) is 0.500. The molecular weight excluding hydrogens is 277 g/mol. The average Bonchev–Trinajstić information content (AvgIpc) is 2.80. The van der Waals surface area contributed by atoms with Gasteiger partial charge < -0.3 is 10.1 Å². The van der Waals surface area contributed by atoms with Gasteiger partial charge in [0.15, 0.2) is 5.13 Å². The van der Waals surface area contributed by atoms with Gasteiger partial charge in [0.2, 0.25) is 0 Å². The molecule has 0 amide bonds. The summed E-state index contributed by atoms with van der Waals surface area (Å²) in [6, 6.07) is 5.01. The third-order valence-electron chi connectivity index (χ3n) is 3.36. The molecule has 20 heavy (non-hydrogen) atoms. The Morgan fingerprint density at radius 3 is 3.05 bits per heavy atom. The van der Waals surface area contributed by atoms with E-state index in [0.29, 0.717) is 6.04 Å². The molecule has 0 saturated carbocycles. The molecule has 1 aliphatic heterocycles. The number of benzene rings is 1. The fourth-order valence-electron chi connectivity index (χ4n) is 2.39. The van der Waals surface area contributed by atoms with Crippen LogP contribution in [0.3, 0.4) is 0 Å². The zero-order valence-corrected chi connectivity index (χ0v) is 12.3. The first-order chi connectivity index (χ1) is 9.70. The lowest BCUT2D eigenvalue weighted by Crippen LogP contribution is -2.42. The molecule has 3 rings (SSSR count). The van der Waals surface area contributed by atoms with E-state index in [4.69, 9.17) is 4.74 Å². The van der Waals surface area contributed by atoms with Gasteiger partial charge in [-0.3, -0.25) is 4.90 Å². The van der Waals surface area contributed by atoms with Gasteiger partial charge in [-0.2, -0.15) is 0 Å². The van der Waals surface area contributed by atoms with Crippen LogP contribution in [-0.4, -0.2) is 48.8 Å². The Morgan fingerprint density at radius 2 is 2.25 bits per heavy atom. The topological polar surface area (TPSA) is 37.4 Å². The number of rotatable bonds is 4. The maximum Gasteiger partial charge on any atom is 0.184 e. The zero-order valence-electron chi connectivity index (χ0n) is 11.4. The first-order valence-electron chi connectivity index (χ1n) is 6.83. The van der Waals surface area contributed by atoms with Crippen molar-refractivity contribution in [1.82, 2.24) is 9.88 Å². The van der Waals surface area contributed by atoms with Crippen LogP contribution in [0, 0.1) is 5.82 Å². The van der Waals surface area contributed by atoms with Crippen molar-refractivity contribution in [2.45, 2.75) is 13.0 Å². The Bertz CT molecular complexity index is 583. The second-order valence-electron chi connectivity index (χ2n) is 5.09. The molecule has 1 N–H and O–H groups in total. The zero-order chi connectivity index (χ0) is 13.9. The van der Waals surface area contributed by atoms with Crippen LogP contribution >= 0.6 is 11.3 Å². The molecule has 4 nitrogen and oxygen atoms in total. The standard InChI is InChI=1S/C14H18FN3OS/c1-10(9-18-4-6-19-7-5-18)16-14-17-12-3-2-11(15)8-13(12)20-14/h2-3,8,10H,4-7,9H2,1H3,(H,16,17). The van der Waals surface area contributed by atoms with E-state index < -0.39 is 0 Å². The minimum absolute atomic E-state index is 0.214. The van der Waals surface area contributed by atoms with Gasteiger partial charge in [0, 0.05) is 25.7 Å². The number of fused-ring (bicyclic) bond motifs is 1. The first-order valence-corrected chi connectivity index (χ1v) is 7.65. The summed E-state index contributed by atoms with van der Waals surface area (Å²) in [6.07, 6.45) is 0. The van der Waals surface area contributed by atoms with E-state index >= 15 is 0 Å². The lowest BCUT2D eigenvalue weighted by atomic mass is 10.3. The number of thiazole rings is 1. The summed E-state index contributed by atoms with van der Waals surface area (Å²) < 4.78 is 19.4. The fourth-order valence-corrected chi connectivity index (χ4v) is 3.39. The number of aromatic nitrogens is 1. The van der Waals surface area contributed by atoms with E-state index in [2.05, 4.69) is 22.1 Å². The van der Waals surface area contributed by atoms with Crippen LogP contribution in [0.25, 0.3) is 10.2 Å². The van der Waals surface area contributed by atoms with Gasteiger partial charge in [-0.15, -0.1) is 0 Å². The van der Waals surface area contributed by atoms with Crippen molar-refractivity contribution >= 4 is 26.7 Å². The average molecular weight is 295 g/mol. The molecule has 1 fully saturated rings. The molecule has 0 bridgehead atoms. The van der Waals surface area contributed by atoms with Crippen LogP contribution in [0.5, 0.6) is 0 Å². The Labute approximate surface area is 121 Å². The van der Waals surface area contributed by atoms with Crippen LogP contribution in [0.4, 0.5) is 9.52 Å². The second kappa shape index (κ2) is 6.03. The number of hydrogen-bond donors (Lipinski definition) is 1. The van der Waals surface area contributed by atoms with Gasteiger partial charge in [0.1, 0.15) is 5.82 Å². The van der Waals surface area contributed by atoms with Gasteiger partial charge in [-0.25, -0.2) is 9.37 Å². The Balaban J connectivity index is 1.63. The van der Waals surface area contributed by atoms with Crippen LogP contribution in [0.15, 0.2) is 18.2 Å². The summed E-state index contributed by atoms with van der Waals surface area (Å²) in [5, 5.41) is 4.25.